The van der Waals surface area contributed by atoms with Gasteiger partial charge in [0.1, 0.15) is 0 Å². The first-order valence-electron chi connectivity index (χ1n) is 8.39. The van der Waals surface area contributed by atoms with Crippen LogP contribution in [0.25, 0.3) is 0 Å². The Balaban J connectivity index is 1.70. The van der Waals surface area contributed by atoms with Gasteiger partial charge in [-0.3, -0.25) is 0 Å². The molecule has 4 fully saturated rings. The van der Waals surface area contributed by atoms with E-state index < -0.39 is 0 Å². The summed E-state index contributed by atoms with van der Waals surface area (Å²) >= 11 is 0. The molecule has 0 aromatic carbocycles. The summed E-state index contributed by atoms with van der Waals surface area (Å²) in [5, 5.41) is 13.3. The fourth-order valence-electron chi connectivity index (χ4n) is 5.66. The highest BCUT2D eigenvalue weighted by Crippen LogP contribution is 2.61. The Morgan fingerprint density at radius 1 is 1.00 bits per heavy atom. The first-order valence-corrected chi connectivity index (χ1v) is 8.39. The molecule has 0 amide bonds. The number of aliphatic hydroxyl groups excluding tert-OH is 1. The van der Waals surface area contributed by atoms with Crippen molar-refractivity contribution >= 4 is 0 Å². The lowest BCUT2D eigenvalue weighted by Crippen LogP contribution is -2.57. The van der Waals surface area contributed by atoms with E-state index in [1.807, 2.05) is 0 Å². The molecule has 2 atom stereocenters. The second kappa shape index (κ2) is 5.04. The van der Waals surface area contributed by atoms with Crippen LogP contribution in [-0.2, 0) is 0 Å². The van der Waals surface area contributed by atoms with Crippen molar-refractivity contribution in [1.29, 1.82) is 0 Å². The molecule has 0 aromatic rings. The van der Waals surface area contributed by atoms with E-state index in [4.69, 9.17) is 0 Å². The Kier molecular flexibility index (Phi) is 3.68. The van der Waals surface area contributed by atoms with Gasteiger partial charge in [-0.15, -0.1) is 0 Å². The van der Waals surface area contributed by atoms with Crippen LogP contribution in [0, 0.1) is 29.1 Å². The maximum absolute atomic E-state index is 9.56. The highest BCUT2D eigenvalue weighted by Gasteiger charge is 2.53. The van der Waals surface area contributed by atoms with Gasteiger partial charge in [-0.05, 0) is 74.5 Å². The van der Waals surface area contributed by atoms with Crippen molar-refractivity contribution in [3.63, 3.8) is 0 Å². The van der Waals surface area contributed by atoms with Gasteiger partial charge in [-0.25, -0.2) is 0 Å². The minimum absolute atomic E-state index is 0.267. The van der Waals surface area contributed by atoms with E-state index in [9.17, 15) is 5.11 Å². The molecule has 0 aromatic heterocycles. The summed E-state index contributed by atoms with van der Waals surface area (Å²) in [4.78, 5) is 0. The molecule has 4 bridgehead atoms. The van der Waals surface area contributed by atoms with Gasteiger partial charge in [0.25, 0.3) is 0 Å². The zero-order chi connectivity index (χ0) is 13.6. The largest absolute Gasteiger partial charge is 0.395 e. The number of aliphatic hydroxyl groups is 1. The number of hydrogen-bond acceptors (Lipinski definition) is 2. The lowest BCUT2D eigenvalue weighted by atomic mass is 9.48. The zero-order valence-electron chi connectivity index (χ0n) is 12.9. The summed E-state index contributed by atoms with van der Waals surface area (Å²) in [6.45, 7) is 7.08. The van der Waals surface area contributed by atoms with Crippen LogP contribution in [0.5, 0.6) is 0 Å². The van der Waals surface area contributed by atoms with Crippen LogP contribution >= 0.6 is 0 Å². The van der Waals surface area contributed by atoms with Crippen LogP contribution in [-0.4, -0.2) is 23.8 Å². The molecule has 2 nitrogen and oxygen atoms in total. The van der Waals surface area contributed by atoms with Crippen LogP contribution in [0.15, 0.2) is 0 Å². The van der Waals surface area contributed by atoms with Crippen molar-refractivity contribution in [2.75, 3.05) is 6.61 Å². The van der Waals surface area contributed by atoms with Crippen LogP contribution in [0.1, 0.15) is 59.3 Å². The molecule has 0 saturated heterocycles. The fraction of sp³-hybridized carbons (Fsp3) is 1.00. The minimum atomic E-state index is 0.267. The summed E-state index contributed by atoms with van der Waals surface area (Å²) in [5.74, 6) is 3.56. The van der Waals surface area contributed by atoms with Gasteiger partial charge in [-0.1, -0.05) is 13.8 Å². The Bertz CT molecular complexity index is 290. The summed E-state index contributed by atoms with van der Waals surface area (Å²) < 4.78 is 0. The van der Waals surface area contributed by atoms with Gasteiger partial charge in [0.15, 0.2) is 0 Å². The predicted octanol–water partition coefficient (Wildman–Crippen LogP) is 3.20. The molecule has 0 heterocycles. The minimum Gasteiger partial charge on any atom is -0.395 e. The molecule has 110 valence electrons. The van der Waals surface area contributed by atoms with Gasteiger partial charge >= 0.3 is 0 Å². The third-order valence-corrected chi connectivity index (χ3v) is 6.47. The monoisotopic (exact) mass is 265 g/mol. The van der Waals surface area contributed by atoms with E-state index in [1.165, 1.54) is 38.5 Å². The van der Waals surface area contributed by atoms with Crippen molar-refractivity contribution in [1.82, 2.24) is 5.32 Å². The molecule has 4 saturated carbocycles. The first kappa shape index (κ1) is 13.9. The number of hydrogen-bond donors (Lipinski definition) is 2. The average Bonchev–Trinajstić information content (AvgIpc) is 2.33. The van der Waals surface area contributed by atoms with Crippen molar-refractivity contribution in [2.45, 2.75) is 71.4 Å². The number of rotatable bonds is 5. The van der Waals surface area contributed by atoms with E-state index in [2.05, 4.69) is 26.1 Å². The summed E-state index contributed by atoms with van der Waals surface area (Å²) in [7, 11) is 0. The summed E-state index contributed by atoms with van der Waals surface area (Å²) in [6.07, 6.45) is 8.88. The first-order chi connectivity index (χ1) is 9.02. The summed E-state index contributed by atoms with van der Waals surface area (Å²) in [5.41, 5.74) is 0.553. The van der Waals surface area contributed by atoms with Crippen molar-refractivity contribution < 1.29 is 5.11 Å². The van der Waals surface area contributed by atoms with E-state index >= 15 is 0 Å². The van der Waals surface area contributed by atoms with Gasteiger partial charge < -0.3 is 10.4 Å². The van der Waals surface area contributed by atoms with E-state index in [0.717, 1.165) is 17.8 Å². The lowest BCUT2D eigenvalue weighted by molar-refractivity contribution is -0.0739. The lowest BCUT2D eigenvalue weighted by Gasteiger charge is -2.59. The molecule has 2 heteroatoms. The third kappa shape index (κ3) is 2.47. The topological polar surface area (TPSA) is 32.3 Å². The molecule has 2 unspecified atom stereocenters. The fourth-order valence-corrected chi connectivity index (χ4v) is 5.66. The van der Waals surface area contributed by atoms with Gasteiger partial charge in [0, 0.05) is 12.1 Å². The second-order valence-electron chi connectivity index (χ2n) is 8.20. The van der Waals surface area contributed by atoms with E-state index in [-0.39, 0.29) is 12.6 Å². The summed E-state index contributed by atoms with van der Waals surface area (Å²) in [6, 6.07) is 0.837. The zero-order valence-corrected chi connectivity index (χ0v) is 12.9. The Labute approximate surface area is 118 Å². The highest BCUT2D eigenvalue weighted by atomic mass is 16.3. The molecule has 4 aliphatic carbocycles. The molecule has 2 N–H and O–H groups in total. The van der Waals surface area contributed by atoms with Gasteiger partial charge in [0.2, 0.25) is 0 Å². The van der Waals surface area contributed by atoms with Crippen LogP contribution < -0.4 is 5.32 Å². The molecule has 0 spiro atoms. The standard InChI is InChI=1S/C17H31NO/c1-11(2)16(10-19)18-12(3)17-7-13-4-14(8-17)6-15(5-13)9-17/h11-16,18-19H,4-10H2,1-3H3. The molecule has 19 heavy (non-hydrogen) atoms. The SMILES string of the molecule is CC(C)C(CO)NC(C)C12CC3CC(CC(C3)C1)C2. The molecular formula is C17H31NO. The Morgan fingerprint density at radius 2 is 1.47 bits per heavy atom. The Morgan fingerprint density at radius 3 is 1.84 bits per heavy atom. The van der Waals surface area contributed by atoms with Gasteiger partial charge in [-0.2, -0.15) is 0 Å². The van der Waals surface area contributed by atoms with E-state index in [0.29, 0.717) is 17.4 Å². The highest BCUT2D eigenvalue weighted by molar-refractivity contribution is 5.05. The molecule has 0 radical (unpaired) electrons. The van der Waals surface area contributed by atoms with Crippen molar-refractivity contribution in [3.8, 4) is 0 Å². The predicted molar refractivity (Wildman–Crippen MR) is 78.9 cm³/mol. The average molecular weight is 265 g/mol. The molecule has 4 rings (SSSR count). The van der Waals surface area contributed by atoms with Crippen LogP contribution in [0.4, 0.5) is 0 Å². The van der Waals surface area contributed by atoms with Crippen molar-refractivity contribution in [2.24, 2.45) is 29.1 Å². The normalized spacial score (nSPS) is 43.7. The quantitative estimate of drug-likeness (QED) is 0.800. The smallest absolute Gasteiger partial charge is 0.0587 e. The molecule has 0 aliphatic heterocycles. The van der Waals surface area contributed by atoms with E-state index in [1.54, 1.807) is 0 Å². The number of nitrogens with one attached hydrogen (secondary N) is 1. The van der Waals surface area contributed by atoms with Gasteiger partial charge in [0.05, 0.1) is 6.61 Å². The van der Waals surface area contributed by atoms with Crippen molar-refractivity contribution in [3.05, 3.63) is 0 Å². The molecular weight excluding hydrogens is 234 g/mol. The Hall–Kier alpha value is -0.0800. The maximum atomic E-state index is 9.56. The maximum Gasteiger partial charge on any atom is 0.0587 e. The molecule has 4 aliphatic rings. The van der Waals surface area contributed by atoms with Crippen LogP contribution in [0.3, 0.4) is 0 Å². The third-order valence-electron chi connectivity index (χ3n) is 6.47. The van der Waals surface area contributed by atoms with Crippen LogP contribution in [0.2, 0.25) is 0 Å². The second-order valence-corrected chi connectivity index (χ2v) is 8.20.